The van der Waals surface area contributed by atoms with Gasteiger partial charge in [-0.1, -0.05) is 41.9 Å². The summed E-state index contributed by atoms with van der Waals surface area (Å²) in [5.41, 5.74) is 1.51. The fourth-order valence-corrected chi connectivity index (χ4v) is 3.65. The molecule has 1 heterocycles. The highest BCUT2D eigenvalue weighted by Crippen LogP contribution is 2.21. The molecule has 0 unspecified atom stereocenters. The average Bonchev–Trinajstić information content (AvgIpc) is 2.70. The molecule has 0 radical (unpaired) electrons. The first-order valence-electron chi connectivity index (χ1n) is 9.68. The molecule has 3 rings (SSSR count). The SMILES string of the molecule is CC(=O)N[C@H](CC(=O)N1CCN(Cc2ccccc2F)CC1)c1ccc(Cl)cc1. The minimum absolute atomic E-state index is 0.00996. The number of halogens is 2. The summed E-state index contributed by atoms with van der Waals surface area (Å²) in [6.45, 7) is 4.52. The fraction of sp³-hybridized carbons (Fsp3) is 0.364. The number of hydrogen-bond donors (Lipinski definition) is 1. The van der Waals surface area contributed by atoms with E-state index in [2.05, 4.69) is 10.2 Å². The molecule has 0 aromatic heterocycles. The highest BCUT2D eigenvalue weighted by Gasteiger charge is 2.25. The molecule has 1 aliphatic heterocycles. The topological polar surface area (TPSA) is 52.7 Å². The van der Waals surface area contributed by atoms with Crippen LogP contribution in [-0.4, -0.2) is 47.8 Å². The maximum absolute atomic E-state index is 13.8. The van der Waals surface area contributed by atoms with Gasteiger partial charge >= 0.3 is 0 Å². The van der Waals surface area contributed by atoms with Gasteiger partial charge < -0.3 is 10.2 Å². The monoisotopic (exact) mass is 417 g/mol. The fourth-order valence-electron chi connectivity index (χ4n) is 3.52. The normalized spacial score (nSPS) is 15.8. The van der Waals surface area contributed by atoms with Crippen molar-refractivity contribution in [2.75, 3.05) is 26.2 Å². The molecule has 2 aromatic carbocycles. The number of nitrogens with one attached hydrogen (secondary N) is 1. The van der Waals surface area contributed by atoms with Gasteiger partial charge in [-0.05, 0) is 23.8 Å². The quantitative estimate of drug-likeness (QED) is 0.783. The Labute approximate surface area is 175 Å². The first-order chi connectivity index (χ1) is 13.9. The number of hydrogen-bond acceptors (Lipinski definition) is 3. The number of rotatable bonds is 6. The maximum Gasteiger partial charge on any atom is 0.225 e. The summed E-state index contributed by atoms with van der Waals surface area (Å²) in [6, 6.07) is 13.5. The van der Waals surface area contributed by atoms with E-state index in [1.54, 1.807) is 24.3 Å². The third-order valence-corrected chi connectivity index (χ3v) is 5.36. The van der Waals surface area contributed by atoms with Crippen LogP contribution in [0.4, 0.5) is 4.39 Å². The minimum atomic E-state index is -0.395. The van der Waals surface area contributed by atoms with Crippen molar-refractivity contribution in [3.05, 3.63) is 70.5 Å². The van der Waals surface area contributed by atoms with Crippen molar-refractivity contribution >= 4 is 23.4 Å². The van der Waals surface area contributed by atoms with Crippen LogP contribution in [0.3, 0.4) is 0 Å². The Hall–Kier alpha value is -2.44. The summed E-state index contributed by atoms with van der Waals surface area (Å²) < 4.78 is 13.8. The first kappa shape index (κ1) is 21.3. The van der Waals surface area contributed by atoms with Crippen molar-refractivity contribution in [2.45, 2.75) is 25.9 Å². The van der Waals surface area contributed by atoms with E-state index >= 15 is 0 Å². The van der Waals surface area contributed by atoms with Crippen molar-refractivity contribution in [3.63, 3.8) is 0 Å². The minimum Gasteiger partial charge on any atom is -0.349 e. The zero-order chi connectivity index (χ0) is 20.8. The van der Waals surface area contributed by atoms with E-state index in [9.17, 15) is 14.0 Å². The lowest BCUT2D eigenvalue weighted by Crippen LogP contribution is -2.49. The second-order valence-corrected chi connectivity index (χ2v) is 7.69. The first-order valence-corrected chi connectivity index (χ1v) is 10.1. The van der Waals surface area contributed by atoms with Crippen LogP contribution in [0.1, 0.15) is 30.5 Å². The van der Waals surface area contributed by atoms with Crippen LogP contribution in [0.5, 0.6) is 0 Å². The molecule has 29 heavy (non-hydrogen) atoms. The zero-order valence-corrected chi connectivity index (χ0v) is 17.2. The van der Waals surface area contributed by atoms with Crippen LogP contribution in [0.25, 0.3) is 0 Å². The average molecular weight is 418 g/mol. The highest BCUT2D eigenvalue weighted by atomic mass is 35.5. The Morgan fingerprint density at radius 1 is 1.07 bits per heavy atom. The van der Waals surface area contributed by atoms with Crippen molar-refractivity contribution in [1.82, 2.24) is 15.1 Å². The molecule has 1 aliphatic rings. The second kappa shape index (κ2) is 9.85. The molecular formula is C22H25ClFN3O2. The summed E-state index contributed by atoms with van der Waals surface area (Å²) in [7, 11) is 0. The van der Waals surface area contributed by atoms with E-state index in [-0.39, 0.29) is 24.1 Å². The zero-order valence-electron chi connectivity index (χ0n) is 16.4. The van der Waals surface area contributed by atoms with Gasteiger partial charge in [0.2, 0.25) is 11.8 Å². The highest BCUT2D eigenvalue weighted by molar-refractivity contribution is 6.30. The molecule has 154 valence electrons. The van der Waals surface area contributed by atoms with Gasteiger partial charge in [-0.2, -0.15) is 0 Å². The van der Waals surface area contributed by atoms with Gasteiger partial charge in [0.05, 0.1) is 12.5 Å². The predicted octanol–water partition coefficient (Wildman–Crippen LogP) is 3.39. The number of amides is 2. The summed E-state index contributed by atoms with van der Waals surface area (Å²) in [5, 5.41) is 3.46. The molecule has 2 aromatic rings. The van der Waals surface area contributed by atoms with E-state index < -0.39 is 6.04 Å². The molecule has 2 amide bonds. The number of carbonyl (C=O) groups excluding carboxylic acids is 2. The van der Waals surface area contributed by atoms with E-state index in [4.69, 9.17) is 11.6 Å². The maximum atomic E-state index is 13.8. The molecule has 1 fully saturated rings. The molecule has 0 bridgehead atoms. The van der Waals surface area contributed by atoms with Gasteiger partial charge in [0.1, 0.15) is 5.82 Å². The third-order valence-electron chi connectivity index (χ3n) is 5.11. The molecule has 5 nitrogen and oxygen atoms in total. The molecule has 0 aliphatic carbocycles. The number of nitrogens with zero attached hydrogens (tertiary/aromatic N) is 2. The molecule has 1 atom stereocenters. The molecule has 7 heteroatoms. The largest absolute Gasteiger partial charge is 0.349 e. The summed E-state index contributed by atoms with van der Waals surface area (Å²) in [4.78, 5) is 28.4. The van der Waals surface area contributed by atoms with Crippen LogP contribution in [0.2, 0.25) is 5.02 Å². The van der Waals surface area contributed by atoms with Gasteiger partial charge in [-0.15, -0.1) is 0 Å². The van der Waals surface area contributed by atoms with E-state index in [1.807, 2.05) is 23.1 Å². The van der Waals surface area contributed by atoms with Crippen LogP contribution in [-0.2, 0) is 16.1 Å². The van der Waals surface area contributed by atoms with Gasteiger partial charge in [0, 0.05) is 50.2 Å². The Morgan fingerprint density at radius 2 is 1.72 bits per heavy atom. The van der Waals surface area contributed by atoms with Gasteiger partial charge in [-0.3, -0.25) is 14.5 Å². The van der Waals surface area contributed by atoms with Crippen molar-refractivity contribution in [1.29, 1.82) is 0 Å². The third kappa shape index (κ3) is 6.02. The molecule has 0 saturated carbocycles. The standard InChI is InChI=1S/C22H25ClFN3O2/c1-16(28)25-21(17-6-8-19(23)9-7-17)14-22(29)27-12-10-26(11-13-27)15-18-4-2-3-5-20(18)24/h2-9,21H,10-15H2,1H3,(H,25,28)/t21-/m1/s1. The smallest absolute Gasteiger partial charge is 0.225 e. The Bertz CT molecular complexity index is 851. The lowest BCUT2D eigenvalue weighted by Gasteiger charge is -2.35. The second-order valence-electron chi connectivity index (χ2n) is 7.26. The summed E-state index contributed by atoms with van der Waals surface area (Å²) in [5.74, 6) is -0.399. The van der Waals surface area contributed by atoms with Crippen molar-refractivity contribution < 1.29 is 14.0 Å². The van der Waals surface area contributed by atoms with Gasteiger partial charge in [-0.25, -0.2) is 4.39 Å². The molecule has 1 saturated heterocycles. The Kier molecular flexibility index (Phi) is 7.23. The summed E-state index contributed by atoms with van der Waals surface area (Å²) >= 11 is 5.94. The molecule has 1 N–H and O–H groups in total. The molecule has 0 spiro atoms. The molecular weight excluding hydrogens is 393 g/mol. The van der Waals surface area contributed by atoms with E-state index in [0.717, 1.165) is 5.56 Å². The van der Waals surface area contributed by atoms with Crippen LogP contribution in [0, 0.1) is 5.82 Å². The van der Waals surface area contributed by atoms with Crippen LogP contribution < -0.4 is 5.32 Å². The summed E-state index contributed by atoms with van der Waals surface area (Å²) in [6.07, 6.45) is 0.189. The predicted molar refractivity (Wildman–Crippen MR) is 111 cm³/mol. The number of carbonyl (C=O) groups is 2. The van der Waals surface area contributed by atoms with Gasteiger partial charge in [0.15, 0.2) is 0 Å². The lowest BCUT2D eigenvalue weighted by atomic mass is 10.0. The van der Waals surface area contributed by atoms with Crippen molar-refractivity contribution in [3.8, 4) is 0 Å². The Balaban J connectivity index is 1.56. The Morgan fingerprint density at radius 3 is 2.34 bits per heavy atom. The number of piperazine rings is 1. The van der Waals surface area contributed by atoms with Crippen LogP contribution in [0.15, 0.2) is 48.5 Å². The van der Waals surface area contributed by atoms with Crippen molar-refractivity contribution in [2.24, 2.45) is 0 Å². The van der Waals surface area contributed by atoms with Gasteiger partial charge in [0.25, 0.3) is 0 Å². The number of benzene rings is 2. The van der Waals surface area contributed by atoms with E-state index in [1.165, 1.54) is 13.0 Å². The van der Waals surface area contributed by atoms with Crippen LogP contribution >= 0.6 is 11.6 Å². The van der Waals surface area contributed by atoms with E-state index in [0.29, 0.717) is 43.3 Å². The lowest BCUT2D eigenvalue weighted by molar-refractivity contribution is -0.133.